The van der Waals surface area contributed by atoms with Crippen molar-refractivity contribution in [2.45, 2.75) is 39.2 Å². The molecule has 7 nitrogen and oxygen atoms in total. The lowest BCUT2D eigenvalue weighted by molar-refractivity contribution is -0.129. The number of nitrogens with zero attached hydrogens (tertiary/aromatic N) is 2. The zero-order chi connectivity index (χ0) is 22.0. The largest absolute Gasteiger partial charge is 0.497 e. The van der Waals surface area contributed by atoms with Gasteiger partial charge in [-0.3, -0.25) is 9.59 Å². The number of methoxy groups -OCH3 is 1. The number of fused-ring (bicyclic) bond motifs is 1. The number of benzene rings is 2. The Hall–Kier alpha value is -3.35. The van der Waals surface area contributed by atoms with Gasteiger partial charge in [0.25, 0.3) is 0 Å². The first-order valence-corrected chi connectivity index (χ1v) is 10.6. The summed E-state index contributed by atoms with van der Waals surface area (Å²) in [6.07, 6.45) is 2.07. The lowest BCUT2D eigenvalue weighted by atomic mass is 9.92. The summed E-state index contributed by atoms with van der Waals surface area (Å²) in [5.74, 6) is 0.675. The molecule has 1 saturated heterocycles. The first-order chi connectivity index (χ1) is 15.0. The Kier molecular flexibility index (Phi) is 5.93. The standard InChI is InChI=1S/C24H27N3O4/c1-4-5-12-27-22(28)14-19(23(27)16-6-9-18(30-3)10-7-16)24(29)26-17-8-11-21-20(13-17)25-15(2)31-21/h6-11,13,19,23H,4-5,12,14H2,1-3H3,(H,26,29). The number of hydrogen-bond donors (Lipinski definition) is 1. The summed E-state index contributed by atoms with van der Waals surface area (Å²) in [6.45, 7) is 4.52. The van der Waals surface area contributed by atoms with Crippen molar-refractivity contribution in [2.75, 3.05) is 19.0 Å². The van der Waals surface area contributed by atoms with Gasteiger partial charge in [0.2, 0.25) is 11.8 Å². The second-order valence-corrected chi connectivity index (χ2v) is 7.87. The van der Waals surface area contributed by atoms with E-state index in [2.05, 4.69) is 17.2 Å². The van der Waals surface area contributed by atoms with Crippen LogP contribution in [-0.2, 0) is 9.59 Å². The molecule has 3 aromatic rings. The molecule has 1 N–H and O–H groups in total. The van der Waals surface area contributed by atoms with Gasteiger partial charge in [0.15, 0.2) is 11.5 Å². The number of likely N-dealkylation sites (tertiary alicyclic amines) is 1. The van der Waals surface area contributed by atoms with E-state index in [1.54, 1.807) is 32.2 Å². The van der Waals surface area contributed by atoms with Crippen molar-refractivity contribution in [3.63, 3.8) is 0 Å². The fraction of sp³-hybridized carbons (Fsp3) is 0.375. The summed E-state index contributed by atoms with van der Waals surface area (Å²) < 4.78 is 10.8. The zero-order valence-electron chi connectivity index (χ0n) is 18.1. The van der Waals surface area contributed by atoms with Crippen LogP contribution in [0, 0.1) is 12.8 Å². The number of oxazole rings is 1. The smallest absolute Gasteiger partial charge is 0.230 e. The minimum Gasteiger partial charge on any atom is -0.497 e. The highest BCUT2D eigenvalue weighted by molar-refractivity contribution is 5.99. The normalized spacial score (nSPS) is 18.5. The van der Waals surface area contributed by atoms with Crippen LogP contribution in [-0.4, -0.2) is 35.4 Å². The number of aromatic nitrogens is 1. The number of nitrogens with one attached hydrogen (secondary N) is 1. The van der Waals surface area contributed by atoms with E-state index in [-0.39, 0.29) is 24.3 Å². The van der Waals surface area contributed by atoms with E-state index >= 15 is 0 Å². The van der Waals surface area contributed by atoms with E-state index in [1.165, 1.54) is 0 Å². The molecule has 1 fully saturated rings. The number of amides is 2. The minimum absolute atomic E-state index is 0.0111. The summed E-state index contributed by atoms with van der Waals surface area (Å²) >= 11 is 0. The Morgan fingerprint density at radius 2 is 2.03 bits per heavy atom. The van der Waals surface area contributed by atoms with Crippen molar-refractivity contribution in [2.24, 2.45) is 5.92 Å². The molecule has 7 heteroatoms. The number of carbonyl (C=O) groups excluding carboxylic acids is 2. The molecule has 2 unspecified atom stereocenters. The molecule has 1 aromatic heterocycles. The molecule has 1 aliphatic rings. The molecule has 2 atom stereocenters. The van der Waals surface area contributed by atoms with E-state index in [0.29, 0.717) is 29.2 Å². The summed E-state index contributed by atoms with van der Waals surface area (Å²) in [5, 5.41) is 2.98. The van der Waals surface area contributed by atoms with E-state index in [1.807, 2.05) is 29.2 Å². The Morgan fingerprint density at radius 1 is 1.26 bits per heavy atom. The van der Waals surface area contributed by atoms with Crippen molar-refractivity contribution >= 4 is 28.6 Å². The van der Waals surface area contributed by atoms with Crippen LogP contribution in [0.1, 0.15) is 43.7 Å². The topological polar surface area (TPSA) is 84.7 Å². The average Bonchev–Trinajstić information content (AvgIpc) is 3.30. The van der Waals surface area contributed by atoms with Gasteiger partial charge < -0.3 is 19.4 Å². The molecule has 1 aliphatic heterocycles. The number of carbonyl (C=O) groups is 2. The zero-order valence-corrected chi connectivity index (χ0v) is 18.1. The van der Waals surface area contributed by atoms with Gasteiger partial charge in [-0.05, 0) is 42.3 Å². The number of ether oxygens (including phenoxy) is 1. The lowest BCUT2D eigenvalue weighted by Gasteiger charge is -2.28. The second kappa shape index (κ2) is 8.79. The molecule has 0 spiro atoms. The maximum absolute atomic E-state index is 13.3. The fourth-order valence-electron chi connectivity index (χ4n) is 4.19. The van der Waals surface area contributed by atoms with Crippen LogP contribution >= 0.6 is 0 Å². The highest BCUT2D eigenvalue weighted by Gasteiger charge is 2.44. The lowest BCUT2D eigenvalue weighted by Crippen LogP contribution is -2.33. The average molecular weight is 421 g/mol. The predicted octanol–water partition coefficient (Wildman–Crippen LogP) is 4.47. The van der Waals surface area contributed by atoms with Crippen LogP contribution in [0.15, 0.2) is 46.9 Å². The molecule has 0 saturated carbocycles. The number of rotatable bonds is 7. The molecular formula is C24H27N3O4. The molecule has 0 bridgehead atoms. The Balaban J connectivity index is 1.60. The van der Waals surface area contributed by atoms with Gasteiger partial charge in [-0.2, -0.15) is 0 Å². The quantitative estimate of drug-likeness (QED) is 0.608. The fourth-order valence-corrected chi connectivity index (χ4v) is 4.19. The monoisotopic (exact) mass is 421 g/mol. The van der Waals surface area contributed by atoms with Crippen LogP contribution in [0.4, 0.5) is 5.69 Å². The van der Waals surface area contributed by atoms with Crippen molar-refractivity contribution in [3.8, 4) is 5.75 Å². The molecule has 162 valence electrons. The third-order valence-corrected chi connectivity index (χ3v) is 5.74. The van der Waals surface area contributed by atoms with Gasteiger partial charge in [0, 0.05) is 25.6 Å². The molecule has 0 aliphatic carbocycles. The van der Waals surface area contributed by atoms with Crippen molar-refractivity contribution in [1.82, 2.24) is 9.88 Å². The van der Waals surface area contributed by atoms with Crippen LogP contribution in [0.5, 0.6) is 5.75 Å². The Bertz CT molecular complexity index is 1090. The van der Waals surface area contributed by atoms with Crippen molar-refractivity contribution < 1.29 is 18.7 Å². The number of hydrogen-bond acceptors (Lipinski definition) is 5. The Labute approximate surface area is 181 Å². The van der Waals surface area contributed by atoms with Crippen molar-refractivity contribution in [3.05, 3.63) is 53.9 Å². The molecule has 4 rings (SSSR count). The van der Waals surface area contributed by atoms with Gasteiger partial charge in [-0.1, -0.05) is 25.5 Å². The third kappa shape index (κ3) is 4.26. The van der Waals surface area contributed by atoms with Gasteiger partial charge in [-0.15, -0.1) is 0 Å². The van der Waals surface area contributed by atoms with Crippen molar-refractivity contribution in [1.29, 1.82) is 0 Å². The van der Waals surface area contributed by atoms with E-state index in [9.17, 15) is 9.59 Å². The molecular weight excluding hydrogens is 394 g/mol. The summed E-state index contributed by atoms with van der Waals surface area (Å²) in [4.78, 5) is 32.3. The summed E-state index contributed by atoms with van der Waals surface area (Å²) in [6, 6.07) is 12.7. The first kappa shape index (κ1) is 20.9. The summed E-state index contributed by atoms with van der Waals surface area (Å²) in [7, 11) is 1.62. The highest BCUT2D eigenvalue weighted by atomic mass is 16.5. The molecule has 31 heavy (non-hydrogen) atoms. The Morgan fingerprint density at radius 3 is 2.74 bits per heavy atom. The van der Waals surface area contributed by atoms with E-state index < -0.39 is 5.92 Å². The molecule has 2 amide bonds. The SMILES string of the molecule is CCCCN1C(=O)CC(C(=O)Nc2ccc3oc(C)nc3c2)C1c1ccc(OC)cc1. The van der Waals surface area contributed by atoms with Gasteiger partial charge in [-0.25, -0.2) is 4.98 Å². The highest BCUT2D eigenvalue weighted by Crippen LogP contribution is 2.39. The predicted molar refractivity (Wildman–Crippen MR) is 118 cm³/mol. The maximum Gasteiger partial charge on any atom is 0.230 e. The molecule has 2 aromatic carbocycles. The molecule has 0 radical (unpaired) electrons. The number of aryl methyl sites for hydroxylation is 1. The third-order valence-electron chi connectivity index (χ3n) is 5.74. The summed E-state index contributed by atoms with van der Waals surface area (Å²) in [5.41, 5.74) is 2.94. The minimum atomic E-state index is -0.479. The maximum atomic E-state index is 13.3. The van der Waals surface area contributed by atoms with Crippen LogP contribution in [0.25, 0.3) is 11.1 Å². The second-order valence-electron chi connectivity index (χ2n) is 7.87. The van der Waals surface area contributed by atoms with Gasteiger partial charge in [0.05, 0.1) is 19.1 Å². The van der Waals surface area contributed by atoms with Crippen LogP contribution in [0.2, 0.25) is 0 Å². The van der Waals surface area contributed by atoms with Crippen LogP contribution in [0.3, 0.4) is 0 Å². The first-order valence-electron chi connectivity index (χ1n) is 10.6. The van der Waals surface area contributed by atoms with E-state index in [4.69, 9.17) is 9.15 Å². The van der Waals surface area contributed by atoms with E-state index in [0.717, 1.165) is 24.2 Å². The van der Waals surface area contributed by atoms with Gasteiger partial charge in [0.1, 0.15) is 11.3 Å². The van der Waals surface area contributed by atoms with Gasteiger partial charge >= 0.3 is 0 Å². The van der Waals surface area contributed by atoms with Crippen LogP contribution < -0.4 is 10.1 Å². The molecule has 2 heterocycles. The number of anilines is 1. The number of unbranched alkanes of at least 4 members (excludes halogenated alkanes) is 1.